The number of hydrogen-bond donors (Lipinski definition) is 1. The van der Waals surface area contributed by atoms with E-state index >= 15 is 0 Å². The van der Waals surface area contributed by atoms with E-state index in [-0.39, 0.29) is 5.82 Å². The molecule has 138 valence electrons. The summed E-state index contributed by atoms with van der Waals surface area (Å²) in [7, 11) is 0. The summed E-state index contributed by atoms with van der Waals surface area (Å²) in [5, 5.41) is 1.54. The molecule has 1 fully saturated rings. The van der Waals surface area contributed by atoms with E-state index in [1.165, 1.54) is 11.6 Å². The summed E-state index contributed by atoms with van der Waals surface area (Å²) in [6, 6.07) is 7.23. The van der Waals surface area contributed by atoms with Crippen molar-refractivity contribution in [2.75, 3.05) is 18.0 Å². The molecule has 1 aromatic carbocycles. The molecular weight excluding hydrogens is 361 g/mol. The Kier molecular flexibility index (Phi) is 4.52. The molecule has 0 unspecified atom stereocenters. The molecule has 1 aliphatic rings. The molecule has 0 radical (unpaired) electrons. The van der Waals surface area contributed by atoms with Crippen molar-refractivity contribution in [3.05, 3.63) is 76.4 Å². The molecule has 4 rings (SSSR count). The standard InChI is InChI=1S/C22H21ClFN3/c1-13-7-9-27(22-14(2)10-16(23)11-26-22)12-19(13)15(3)17-4-5-20(24)21-18(17)6-8-25-21/h4-6,8,10-11,25H,1,7,9,12H2,2-3H3/b19-15+. The molecule has 27 heavy (non-hydrogen) atoms. The third kappa shape index (κ3) is 3.15. The fraction of sp³-hybridized carbons (Fsp3) is 0.227. The Balaban J connectivity index is 1.77. The third-order valence-corrected chi connectivity index (χ3v) is 5.51. The minimum absolute atomic E-state index is 0.235. The van der Waals surface area contributed by atoms with Crippen LogP contribution in [-0.4, -0.2) is 23.1 Å². The van der Waals surface area contributed by atoms with Crippen LogP contribution in [0.3, 0.4) is 0 Å². The molecule has 1 N–H and O–H groups in total. The number of aryl methyl sites for hydroxylation is 1. The van der Waals surface area contributed by atoms with Crippen LogP contribution in [0, 0.1) is 12.7 Å². The van der Waals surface area contributed by atoms with Crippen molar-refractivity contribution in [1.82, 2.24) is 9.97 Å². The van der Waals surface area contributed by atoms with Gasteiger partial charge in [-0.3, -0.25) is 0 Å². The highest BCUT2D eigenvalue weighted by molar-refractivity contribution is 6.30. The number of aromatic amines is 1. The maximum atomic E-state index is 14.1. The van der Waals surface area contributed by atoms with Crippen molar-refractivity contribution in [1.29, 1.82) is 0 Å². The fourth-order valence-corrected chi connectivity index (χ4v) is 4.05. The Labute approximate surface area is 163 Å². The Bertz CT molecular complexity index is 1080. The highest BCUT2D eigenvalue weighted by Crippen LogP contribution is 2.35. The molecule has 0 aliphatic carbocycles. The van der Waals surface area contributed by atoms with E-state index in [0.29, 0.717) is 10.5 Å². The summed E-state index contributed by atoms with van der Waals surface area (Å²) >= 11 is 6.06. The zero-order valence-corrected chi connectivity index (χ0v) is 16.2. The van der Waals surface area contributed by atoms with Crippen molar-refractivity contribution in [2.24, 2.45) is 0 Å². The van der Waals surface area contributed by atoms with Crippen LogP contribution in [-0.2, 0) is 0 Å². The summed E-state index contributed by atoms with van der Waals surface area (Å²) in [6.45, 7) is 9.99. The lowest BCUT2D eigenvalue weighted by atomic mass is 9.90. The zero-order chi connectivity index (χ0) is 19.1. The molecule has 3 nitrogen and oxygen atoms in total. The molecule has 0 atom stereocenters. The lowest BCUT2D eigenvalue weighted by Gasteiger charge is -2.33. The number of nitrogens with one attached hydrogen (secondary N) is 1. The minimum atomic E-state index is -0.235. The number of hydrogen-bond acceptors (Lipinski definition) is 2. The molecule has 3 aromatic rings. The van der Waals surface area contributed by atoms with Crippen LogP contribution in [0.4, 0.5) is 10.2 Å². The average Bonchev–Trinajstić information content (AvgIpc) is 3.13. The van der Waals surface area contributed by atoms with Gasteiger partial charge in [0.1, 0.15) is 11.6 Å². The number of aromatic nitrogens is 2. The molecule has 0 amide bonds. The minimum Gasteiger partial charge on any atom is -0.359 e. The van der Waals surface area contributed by atoms with Crippen LogP contribution in [0.15, 0.2) is 54.4 Å². The first-order valence-corrected chi connectivity index (χ1v) is 9.34. The number of halogens is 2. The Morgan fingerprint density at radius 2 is 2.15 bits per heavy atom. The topological polar surface area (TPSA) is 31.9 Å². The normalized spacial score (nSPS) is 16.9. The summed E-state index contributed by atoms with van der Waals surface area (Å²) in [5.41, 5.74) is 6.07. The molecule has 3 heterocycles. The maximum Gasteiger partial charge on any atom is 0.147 e. The second-order valence-corrected chi connectivity index (χ2v) is 7.47. The first kappa shape index (κ1) is 17.8. The average molecular weight is 382 g/mol. The van der Waals surface area contributed by atoms with Gasteiger partial charge in [0.15, 0.2) is 0 Å². The van der Waals surface area contributed by atoms with Crippen LogP contribution in [0.25, 0.3) is 16.5 Å². The Morgan fingerprint density at radius 3 is 2.93 bits per heavy atom. The smallest absolute Gasteiger partial charge is 0.147 e. The van der Waals surface area contributed by atoms with Crippen LogP contribution < -0.4 is 4.90 Å². The molecule has 0 bridgehead atoms. The van der Waals surface area contributed by atoms with Gasteiger partial charge in [-0.1, -0.05) is 24.2 Å². The van der Waals surface area contributed by atoms with Crippen LogP contribution >= 0.6 is 11.6 Å². The van der Waals surface area contributed by atoms with Gasteiger partial charge in [0.05, 0.1) is 10.5 Å². The van der Waals surface area contributed by atoms with Crippen LogP contribution in [0.1, 0.15) is 24.5 Å². The van der Waals surface area contributed by atoms with Gasteiger partial charge in [0.25, 0.3) is 0 Å². The lowest BCUT2D eigenvalue weighted by molar-refractivity contribution is 0.637. The Morgan fingerprint density at radius 1 is 1.33 bits per heavy atom. The maximum absolute atomic E-state index is 14.1. The highest BCUT2D eigenvalue weighted by Gasteiger charge is 2.23. The number of fused-ring (bicyclic) bond motifs is 1. The van der Waals surface area contributed by atoms with Gasteiger partial charge in [0.2, 0.25) is 0 Å². The summed E-state index contributed by atoms with van der Waals surface area (Å²) in [5.74, 6) is 0.713. The molecule has 1 aliphatic heterocycles. The SMILES string of the molecule is C=C1CCN(c2ncc(Cl)cc2C)C/C1=C(/C)c1ccc(F)c2[nH]ccc12. The highest BCUT2D eigenvalue weighted by atomic mass is 35.5. The van der Waals surface area contributed by atoms with Crippen molar-refractivity contribution < 1.29 is 4.39 Å². The van der Waals surface area contributed by atoms with Gasteiger partial charge in [-0.15, -0.1) is 0 Å². The first-order valence-electron chi connectivity index (χ1n) is 8.96. The number of H-pyrrole nitrogens is 1. The van der Waals surface area contributed by atoms with Crippen molar-refractivity contribution in [2.45, 2.75) is 20.3 Å². The van der Waals surface area contributed by atoms with E-state index in [1.807, 2.05) is 25.1 Å². The monoisotopic (exact) mass is 381 g/mol. The van der Waals surface area contributed by atoms with E-state index in [9.17, 15) is 4.39 Å². The first-order chi connectivity index (χ1) is 13.0. The van der Waals surface area contributed by atoms with Gasteiger partial charge in [-0.25, -0.2) is 9.37 Å². The summed E-state index contributed by atoms with van der Waals surface area (Å²) in [4.78, 5) is 9.79. The number of piperidine rings is 1. The molecule has 2 aromatic heterocycles. The van der Waals surface area contributed by atoms with Crippen molar-refractivity contribution >= 4 is 33.9 Å². The number of anilines is 1. The number of pyridine rings is 1. The molecule has 0 spiro atoms. The van der Waals surface area contributed by atoms with Gasteiger partial charge >= 0.3 is 0 Å². The number of allylic oxidation sites excluding steroid dienone is 1. The molecule has 0 saturated carbocycles. The number of nitrogens with zero attached hydrogens (tertiary/aromatic N) is 2. The van der Waals surface area contributed by atoms with E-state index < -0.39 is 0 Å². The van der Waals surface area contributed by atoms with E-state index in [1.54, 1.807) is 12.4 Å². The molecule has 5 heteroatoms. The lowest BCUT2D eigenvalue weighted by Crippen LogP contribution is -2.33. The second kappa shape index (κ2) is 6.86. The number of rotatable bonds is 2. The largest absolute Gasteiger partial charge is 0.359 e. The summed E-state index contributed by atoms with van der Waals surface area (Å²) in [6.07, 6.45) is 4.33. The van der Waals surface area contributed by atoms with Gasteiger partial charge in [0, 0.05) is 30.9 Å². The number of benzene rings is 1. The van der Waals surface area contributed by atoms with Gasteiger partial charge in [-0.05, 0) is 66.3 Å². The van der Waals surface area contributed by atoms with E-state index in [4.69, 9.17) is 11.6 Å². The summed E-state index contributed by atoms with van der Waals surface area (Å²) < 4.78 is 14.1. The van der Waals surface area contributed by atoms with Gasteiger partial charge in [-0.2, -0.15) is 0 Å². The molecular formula is C22H21ClFN3. The van der Waals surface area contributed by atoms with E-state index in [2.05, 4.69) is 28.4 Å². The van der Waals surface area contributed by atoms with Crippen molar-refractivity contribution in [3.63, 3.8) is 0 Å². The van der Waals surface area contributed by atoms with E-state index in [0.717, 1.165) is 53.0 Å². The van der Waals surface area contributed by atoms with Crippen LogP contribution in [0.5, 0.6) is 0 Å². The zero-order valence-electron chi connectivity index (χ0n) is 15.4. The van der Waals surface area contributed by atoms with Crippen molar-refractivity contribution in [3.8, 4) is 0 Å². The van der Waals surface area contributed by atoms with Gasteiger partial charge < -0.3 is 9.88 Å². The quantitative estimate of drug-likeness (QED) is 0.599. The molecule has 1 saturated heterocycles. The predicted molar refractivity (Wildman–Crippen MR) is 111 cm³/mol. The predicted octanol–water partition coefficient (Wildman–Crippen LogP) is 5.90. The van der Waals surface area contributed by atoms with Crippen LogP contribution in [0.2, 0.25) is 5.02 Å². The Hall–Kier alpha value is -2.59. The fourth-order valence-electron chi connectivity index (χ4n) is 3.84. The third-order valence-electron chi connectivity index (χ3n) is 5.31. The second-order valence-electron chi connectivity index (χ2n) is 7.03.